The second-order valence-corrected chi connectivity index (χ2v) is 4.37. The monoisotopic (exact) mass is 258 g/mol. The minimum absolute atomic E-state index is 0.229. The molecule has 0 bridgehead atoms. The van der Waals surface area contributed by atoms with Crippen LogP contribution in [0, 0.1) is 0 Å². The number of hydrogen-bond acceptors (Lipinski definition) is 3. The Bertz CT molecular complexity index is 575. The van der Waals surface area contributed by atoms with Crippen molar-refractivity contribution in [3.8, 4) is 5.75 Å². The van der Waals surface area contributed by atoms with Gasteiger partial charge in [0.25, 0.3) is 0 Å². The standard InChI is InChI=1S/C16H18O3/c1-3-10-19-15-9-8-12(11-16(17)18-2)13-6-4-5-7-14(13)15/h4-9H,3,10-11H2,1-2H3. The lowest BCUT2D eigenvalue weighted by Crippen LogP contribution is -2.05. The molecule has 0 saturated carbocycles. The van der Waals surface area contributed by atoms with Crippen molar-refractivity contribution in [2.24, 2.45) is 0 Å². The van der Waals surface area contributed by atoms with Gasteiger partial charge < -0.3 is 9.47 Å². The fourth-order valence-electron chi connectivity index (χ4n) is 2.05. The van der Waals surface area contributed by atoms with Crippen molar-refractivity contribution in [1.29, 1.82) is 0 Å². The van der Waals surface area contributed by atoms with E-state index >= 15 is 0 Å². The lowest BCUT2D eigenvalue weighted by Gasteiger charge is -2.11. The van der Waals surface area contributed by atoms with Crippen LogP contribution in [0.25, 0.3) is 10.8 Å². The van der Waals surface area contributed by atoms with Gasteiger partial charge in [-0.1, -0.05) is 37.3 Å². The number of esters is 1. The third-order valence-electron chi connectivity index (χ3n) is 3.00. The number of carbonyl (C=O) groups is 1. The predicted molar refractivity (Wildman–Crippen MR) is 75.5 cm³/mol. The van der Waals surface area contributed by atoms with Gasteiger partial charge in [-0.15, -0.1) is 0 Å². The fourth-order valence-corrected chi connectivity index (χ4v) is 2.05. The highest BCUT2D eigenvalue weighted by Crippen LogP contribution is 2.29. The van der Waals surface area contributed by atoms with E-state index in [0.717, 1.165) is 28.5 Å². The molecule has 3 heteroatoms. The van der Waals surface area contributed by atoms with Crippen molar-refractivity contribution in [2.45, 2.75) is 19.8 Å². The first-order valence-electron chi connectivity index (χ1n) is 6.46. The molecule has 0 atom stereocenters. The van der Waals surface area contributed by atoms with Crippen LogP contribution in [0.5, 0.6) is 5.75 Å². The highest BCUT2D eigenvalue weighted by molar-refractivity contribution is 5.93. The van der Waals surface area contributed by atoms with Crippen LogP contribution in [0.4, 0.5) is 0 Å². The van der Waals surface area contributed by atoms with Crippen LogP contribution in [-0.4, -0.2) is 19.7 Å². The van der Waals surface area contributed by atoms with Crippen molar-refractivity contribution in [3.63, 3.8) is 0 Å². The first-order chi connectivity index (χ1) is 9.26. The Morgan fingerprint density at radius 1 is 1.11 bits per heavy atom. The largest absolute Gasteiger partial charge is 0.493 e. The lowest BCUT2D eigenvalue weighted by atomic mass is 10.0. The molecule has 3 nitrogen and oxygen atoms in total. The van der Waals surface area contributed by atoms with E-state index in [4.69, 9.17) is 9.47 Å². The van der Waals surface area contributed by atoms with Gasteiger partial charge in [0.2, 0.25) is 0 Å². The summed E-state index contributed by atoms with van der Waals surface area (Å²) < 4.78 is 10.5. The van der Waals surface area contributed by atoms with Crippen molar-refractivity contribution in [1.82, 2.24) is 0 Å². The summed E-state index contributed by atoms with van der Waals surface area (Å²) in [6, 6.07) is 11.8. The third-order valence-corrected chi connectivity index (χ3v) is 3.00. The molecule has 2 aromatic rings. The summed E-state index contributed by atoms with van der Waals surface area (Å²) >= 11 is 0. The fraction of sp³-hybridized carbons (Fsp3) is 0.312. The summed E-state index contributed by atoms with van der Waals surface area (Å²) in [4.78, 5) is 11.4. The van der Waals surface area contributed by atoms with Gasteiger partial charge in [-0.25, -0.2) is 0 Å². The van der Waals surface area contributed by atoms with E-state index in [1.54, 1.807) is 0 Å². The molecular formula is C16H18O3. The maximum Gasteiger partial charge on any atom is 0.309 e. The highest BCUT2D eigenvalue weighted by Gasteiger charge is 2.10. The van der Waals surface area contributed by atoms with E-state index in [0.29, 0.717) is 6.61 Å². The quantitative estimate of drug-likeness (QED) is 0.771. The smallest absolute Gasteiger partial charge is 0.309 e. The number of ether oxygens (including phenoxy) is 2. The van der Waals surface area contributed by atoms with Gasteiger partial charge in [0.1, 0.15) is 5.75 Å². The van der Waals surface area contributed by atoms with Crippen molar-refractivity contribution >= 4 is 16.7 Å². The van der Waals surface area contributed by atoms with E-state index < -0.39 is 0 Å². The first kappa shape index (κ1) is 13.4. The van der Waals surface area contributed by atoms with Gasteiger partial charge in [0.05, 0.1) is 20.1 Å². The average Bonchev–Trinajstić information content (AvgIpc) is 2.46. The van der Waals surface area contributed by atoms with E-state index in [9.17, 15) is 4.79 Å². The first-order valence-corrected chi connectivity index (χ1v) is 6.46. The number of fused-ring (bicyclic) bond motifs is 1. The molecule has 0 fully saturated rings. The van der Waals surface area contributed by atoms with Crippen LogP contribution in [-0.2, 0) is 16.0 Å². The van der Waals surface area contributed by atoms with E-state index in [2.05, 4.69) is 6.92 Å². The van der Waals surface area contributed by atoms with Crippen molar-refractivity contribution in [3.05, 3.63) is 42.0 Å². The van der Waals surface area contributed by atoms with Gasteiger partial charge in [0.15, 0.2) is 0 Å². The maximum atomic E-state index is 11.4. The van der Waals surface area contributed by atoms with Gasteiger partial charge in [-0.05, 0) is 23.4 Å². The zero-order valence-electron chi connectivity index (χ0n) is 11.3. The summed E-state index contributed by atoms with van der Waals surface area (Å²) in [5, 5.41) is 2.08. The summed E-state index contributed by atoms with van der Waals surface area (Å²) in [6.07, 6.45) is 1.25. The molecule has 0 spiro atoms. The van der Waals surface area contributed by atoms with Crippen molar-refractivity contribution in [2.75, 3.05) is 13.7 Å². The van der Waals surface area contributed by atoms with Crippen LogP contribution in [0.15, 0.2) is 36.4 Å². The number of benzene rings is 2. The van der Waals surface area contributed by atoms with E-state index in [-0.39, 0.29) is 12.4 Å². The molecule has 0 unspecified atom stereocenters. The Labute approximate surface area is 113 Å². The van der Waals surface area contributed by atoms with Crippen LogP contribution < -0.4 is 4.74 Å². The molecule has 0 aliphatic rings. The summed E-state index contributed by atoms with van der Waals surface area (Å²) in [5.41, 5.74) is 0.964. The molecule has 0 aromatic heterocycles. The van der Waals surface area contributed by atoms with Crippen LogP contribution in [0.2, 0.25) is 0 Å². The second-order valence-electron chi connectivity index (χ2n) is 4.37. The number of carbonyl (C=O) groups excluding carboxylic acids is 1. The molecule has 100 valence electrons. The van der Waals surface area contributed by atoms with E-state index in [1.165, 1.54) is 7.11 Å². The Morgan fingerprint density at radius 2 is 1.84 bits per heavy atom. The molecule has 2 aromatic carbocycles. The normalized spacial score (nSPS) is 10.4. The molecule has 0 saturated heterocycles. The minimum atomic E-state index is -0.229. The molecule has 0 aliphatic heterocycles. The van der Waals surface area contributed by atoms with E-state index in [1.807, 2.05) is 36.4 Å². The molecule has 2 rings (SSSR count). The van der Waals surface area contributed by atoms with Gasteiger partial charge >= 0.3 is 5.97 Å². The summed E-state index contributed by atoms with van der Waals surface area (Å²) in [5.74, 6) is 0.637. The van der Waals surface area contributed by atoms with Crippen LogP contribution >= 0.6 is 0 Å². The summed E-state index contributed by atoms with van der Waals surface area (Å²) in [7, 11) is 1.41. The zero-order chi connectivity index (χ0) is 13.7. The van der Waals surface area contributed by atoms with Gasteiger partial charge in [0, 0.05) is 5.39 Å². The second kappa shape index (κ2) is 6.23. The lowest BCUT2D eigenvalue weighted by molar-refractivity contribution is -0.139. The topological polar surface area (TPSA) is 35.5 Å². The SMILES string of the molecule is CCCOc1ccc(CC(=O)OC)c2ccccc12. The maximum absolute atomic E-state index is 11.4. The molecular weight excluding hydrogens is 240 g/mol. The van der Waals surface area contributed by atoms with Crippen LogP contribution in [0.1, 0.15) is 18.9 Å². The van der Waals surface area contributed by atoms with Crippen LogP contribution in [0.3, 0.4) is 0 Å². The molecule has 0 radical (unpaired) electrons. The van der Waals surface area contributed by atoms with Crippen molar-refractivity contribution < 1.29 is 14.3 Å². The Balaban J connectivity index is 2.42. The summed E-state index contributed by atoms with van der Waals surface area (Å²) in [6.45, 7) is 2.77. The zero-order valence-corrected chi connectivity index (χ0v) is 11.3. The molecule has 0 N–H and O–H groups in total. The molecule has 0 heterocycles. The molecule has 19 heavy (non-hydrogen) atoms. The third kappa shape index (κ3) is 3.05. The van der Waals surface area contributed by atoms with Gasteiger partial charge in [-0.3, -0.25) is 4.79 Å². The molecule has 0 amide bonds. The Hall–Kier alpha value is -2.03. The van der Waals surface area contributed by atoms with Gasteiger partial charge in [-0.2, -0.15) is 0 Å². The number of methoxy groups -OCH3 is 1. The molecule has 0 aliphatic carbocycles. The Morgan fingerprint density at radius 3 is 2.53 bits per heavy atom. The predicted octanol–water partition coefficient (Wildman–Crippen LogP) is 3.34. The number of rotatable bonds is 5. The average molecular weight is 258 g/mol. The highest BCUT2D eigenvalue weighted by atomic mass is 16.5. The minimum Gasteiger partial charge on any atom is -0.493 e. The Kier molecular flexibility index (Phi) is 4.39. The number of hydrogen-bond donors (Lipinski definition) is 0.